The van der Waals surface area contributed by atoms with Gasteiger partial charge in [-0.15, -0.1) is 5.10 Å². The lowest BCUT2D eigenvalue weighted by Gasteiger charge is -2.28. The van der Waals surface area contributed by atoms with Gasteiger partial charge >= 0.3 is 5.97 Å². The molecule has 0 saturated carbocycles. The fraction of sp³-hybridized carbons (Fsp3) is 0.429. The third-order valence-corrected chi connectivity index (χ3v) is 3.54. The number of amidine groups is 1. The molecule has 1 aromatic carbocycles. The number of benzene rings is 1. The summed E-state index contributed by atoms with van der Waals surface area (Å²) >= 11 is 12.0. The molecule has 0 atom stereocenters. The number of hydrogen-bond acceptors (Lipinski definition) is 5. The topological polar surface area (TPSA) is 63.2 Å². The number of carbonyl (C=O) groups is 1. The summed E-state index contributed by atoms with van der Waals surface area (Å²) in [4.78, 5) is 13.9. The molecule has 0 aromatic heterocycles. The number of anilines is 1. The van der Waals surface area contributed by atoms with Gasteiger partial charge in [-0.25, -0.2) is 4.79 Å². The summed E-state index contributed by atoms with van der Waals surface area (Å²) in [5, 5.41) is 5.13. The van der Waals surface area contributed by atoms with E-state index in [1.165, 1.54) is 0 Å². The molecular weight excluding hydrogens is 329 g/mol. The van der Waals surface area contributed by atoms with Gasteiger partial charge in [0, 0.05) is 18.1 Å². The number of nitrogens with zero attached hydrogens (tertiary/aromatic N) is 2. The van der Waals surface area contributed by atoms with Crippen LogP contribution in [0.3, 0.4) is 0 Å². The molecule has 0 bridgehead atoms. The standard InChI is InChI=1S/C14H17Cl2N3O3/c1-2-22-14(20)13(19-5-7-21-8-6-19)18-17-12-9-10(15)3-4-11(12)16/h3-4,9,17H,2,5-8H2,1H3/b18-13-. The highest BCUT2D eigenvalue weighted by molar-refractivity contribution is 6.36. The molecule has 1 aliphatic heterocycles. The minimum atomic E-state index is -0.491. The van der Waals surface area contributed by atoms with E-state index in [2.05, 4.69) is 10.5 Å². The van der Waals surface area contributed by atoms with E-state index in [9.17, 15) is 4.79 Å². The number of ether oxygens (including phenoxy) is 2. The summed E-state index contributed by atoms with van der Waals surface area (Å²) in [5.41, 5.74) is 3.30. The molecule has 2 rings (SSSR count). The van der Waals surface area contributed by atoms with Gasteiger partial charge in [0.2, 0.25) is 5.84 Å². The van der Waals surface area contributed by atoms with Crippen molar-refractivity contribution in [2.45, 2.75) is 6.92 Å². The van der Waals surface area contributed by atoms with Gasteiger partial charge in [-0.3, -0.25) is 5.43 Å². The number of morpholine rings is 1. The van der Waals surface area contributed by atoms with E-state index in [4.69, 9.17) is 32.7 Å². The first-order valence-electron chi connectivity index (χ1n) is 6.90. The maximum Gasteiger partial charge on any atom is 0.375 e. The lowest BCUT2D eigenvalue weighted by Crippen LogP contribution is -2.45. The Kier molecular flexibility index (Phi) is 6.30. The van der Waals surface area contributed by atoms with E-state index in [1.807, 2.05) is 4.90 Å². The Morgan fingerprint density at radius 1 is 1.41 bits per heavy atom. The van der Waals surface area contributed by atoms with Gasteiger partial charge in [0.25, 0.3) is 0 Å². The molecule has 1 fully saturated rings. The lowest BCUT2D eigenvalue weighted by atomic mass is 10.3. The second-order valence-corrected chi connectivity index (χ2v) is 5.33. The predicted molar refractivity (Wildman–Crippen MR) is 86.5 cm³/mol. The number of esters is 1. The predicted octanol–water partition coefficient (Wildman–Crippen LogP) is 2.61. The number of carbonyl (C=O) groups excluding carboxylic acids is 1. The van der Waals surface area contributed by atoms with E-state index >= 15 is 0 Å². The second kappa shape index (κ2) is 8.22. The minimum absolute atomic E-state index is 0.196. The molecule has 6 nitrogen and oxygen atoms in total. The van der Waals surface area contributed by atoms with Gasteiger partial charge in [0.05, 0.1) is 30.5 Å². The zero-order valence-electron chi connectivity index (χ0n) is 12.1. The van der Waals surface area contributed by atoms with Crippen molar-refractivity contribution >= 4 is 40.7 Å². The van der Waals surface area contributed by atoms with Crippen LogP contribution < -0.4 is 5.43 Å². The molecule has 0 radical (unpaired) electrons. The average Bonchev–Trinajstić information content (AvgIpc) is 2.52. The van der Waals surface area contributed by atoms with Crippen LogP contribution in [0.25, 0.3) is 0 Å². The Morgan fingerprint density at radius 3 is 2.82 bits per heavy atom. The molecule has 22 heavy (non-hydrogen) atoms. The normalized spacial score (nSPS) is 15.6. The van der Waals surface area contributed by atoms with Crippen LogP contribution >= 0.6 is 23.2 Å². The number of hydrogen-bond donors (Lipinski definition) is 1. The van der Waals surface area contributed by atoms with E-state index in [1.54, 1.807) is 25.1 Å². The summed E-state index contributed by atoms with van der Waals surface area (Å²) in [6.07, 6.45) is 0. The highest BCUT2D eigenvalue weighted by Crippen LogP contribution is 2.25. The average molecular weight is 346 g/mol. The molecule has 0 spiro atoms. The molecule has 8 heteroatoms. The summed E-state index contributed by atoms with van der Waals surface area (Å²) in [5.74, 6) is -0.295. The highest BCUT2D eigenvalue weighted by Gasteiger charge is 2.23. The lowest BCUT2D eigenvalue weighted by molar-refractivity contribution is -0.136. The van der Waals surface area contributed by atoms with Crippen LogP contribution in [-0.2, 0) is 14.3 Å². The first-order chi connectivity index (χ1) is 10.6. The number of nitrogens with one attached hydrogen (secondary N) is 1. The zero-order valence-corrected chi connectivity index (χ0v) is 13.7. The molecule has 120 valence electrons. The third kappa shape index (κ3) is 4.50. The van der Waals surface area contributed by atoms with Crippen molar-refractivity contribution in [3.63, 3.8) is 0 Å². The van der Waals surface area contributed by atoms with Crippen molar-refractivity contribution in [1.82, 2.24) is 4.90 Å². The highest BCUT2D eigenvalue weighted by atomic mass is 35.5. The SMILES string of the molecule is CCOC(=O)/C(=N/Nc1cc(Cl)ccc1Cl)N1CCOCC1. The minimum Gasteiger partial charge on any atom is -0.460 e. The molecule has 1 heterocycles. The van der Waals surface area contributed by atoms with Gasteiger partial charge in [0.15, 0.2) is 0 Å². The molecule has 1 N–H and O–H groups in total. The molecule has 0 unspecified atom stereocenters. The summed E-state index contributed by atoms with van der Waals surface area (Å²) in [6.45, 7) is 4.24. The Hall–Kier alpha value is -1.50. The van der Waals surface area contributed by atoms with Gasteiger partial charge in [-0.1, -0.05) is 23.2 Å². The number of hydrazone groups is 1. The van der Waals surface area contributed by atoms with E-state index in [0.717, 1.165) is 0 Å². The van der Waals surface area contributed by atoms with E-state index < -0.39 is 5.97 Å². The second-order valence-electron chi connectivity index (χ2n) is 4.49. The van der Waals surface area contributed by atoms with Crippen LogP contribution in [0.4, 0.5) is 5.69 Å². The first kappa shape index (κ1) is 16.9. The quantitative estimate of drug-likeness (QED) is 0.395. The molecule has 1 aliphatic rings. The van der Waals surface area contributed by atoms with Crippen LogP contribution in [0.2, 0.25) is 10.0 Å². The monoisotopic (exact) mass is 345 g/mol. The molecule has 0 aliphatic carbocycles. The maximum atomic E-state index is 12.1. The zero-order chi connectivity index (χ0) is 15.9. The Labute approximate surface area is 139 Å². The smallest absolute Gasteiger partial charge is 0.375 e. The fourth-order valence-corrected chi connectivity index (χ4v) is 2.24. The third-order valence-electron chi connectivity index (χ3n) is 2.98. The van der Waals surface area contributed by atoms with Crippen LogP contribution in [0.5, 0.6) is 0 Å². The maximum absolute atomic E-state index is 12.1. The molecule has 1 aromatic rings. The van der Waals surface area contributed by atoms with Gasteiger partial charge in [-0.05, 0) is 25.1 Å². The Morgan fingerprint density at radius 2 is 2.14 bits per heavy atom. The van der Waals surface area contributed by atoms with Crippen molar-refractivity contribution in [3.05, 3.63) is 28.2 Å². The van der Waals surface area contributed by atoms with E-state index in [0.29, 0.717) is 42.0 Å². The Bertz CT molecular complexity index is 560. The largest absolute Gasteiger partial charge is 0.460 e. The van der Waals surface area contributed by atoms with Gasteiger partial charge in [0.1, 0.15) is 0 Å². The van der Waals surface area contributed by atoms with Crippen molar-refractivity contribution in [2.75, 3.05) is 38.3 Å². The summed E-state index contributed by atoms with van der Waals surface area (Å²) < 4.78 is 10.3. The van der Waals surface area contributed by atoms with Crippen molar-refractivity contribution in [1.29, 1.82) is 0 Å². The van der Waals surface area contributed by atoms with Crippen LogP contribution in [-0.4, -0.2) is 49.6 Å². The van der Waals surface area contributed by atoms with Crippen molar-refractivity contribution < 1.29 is 14.3 Å². The van der Waals surface area contributed by atoms with Crippen molar-refractivity contribution in [3.8, 4) is 0 Å². The fourth-order valence-electron chi connectivity index (χ4n) is 1.91. The van der Waals surface area contributed by atoms with Crippen molar-refractivity contribution in [2.24, 2.45) is 5.10 Å². The summed E-state index contributed by atoms with van der Waals surface area (Å²) in [7, 11) is 0. The van der Waals surface area contributed by atoms with Gasteiger partial charge < -0.3 is 14.4 Å². The molecular formula is C14H17Cl2N3O3. The van der Waals surface area contributed by atoms with E-state index in [-0.39, 0.29) is 12.4 Å². The first-order valence-corrected chi connectivity index (χ1v) is 7.66. The van der Waals surface area contributed by atoms with Crippen LogP contribution in [0, 0.1) is 0 Å². The number of rotatable bonds is 3. The van der Waals surface area contributed by atoms with Crippen LogP contribution in [0.15, 0.2) is 23.3 Å². The van der Waals surface area contributed by atoms with Gasteiger partial charge in [-0.2, -0.15) is 0 Å². The summed E-state index contributed by atoms with van der Waals surface area (Å²) in [6, 6.07) is 4.96. The molecule has 1 saturated heterocycles. The number of halogens is 2. The Balaban J connectivity index is 2.19. The molecule has 0 amide bonds. The van der Waals surface area contributed by atoms with Crippen LogP contribution in [0.1, 0.15) is 6.92 Å².